The smallest absolute Gasteiger partial charge is 0.167 e. The molecule has 0 aliphatic carbocycles. The van der Waals surface area contributed by atoms with E-state index in [2.05, 4.69) is 0 Å². The van der Waals surface area contributed by atoms with Gasteiger partial charge in [-0.1, -0.05) is 6.92 Å². The lowest BCUT2D eigenvalue weighted by Crippen LogP contribution is -2.12. The van der Waals surface area contributed by atoms with Gasteiger partial charge in [-0.2, -0.15) is 0 Å². The van der Waals surface area contributed by atoms with E-state index in [1.165, 1.54) is 6.07 Å². The van der Waals surface area contributed by atoms with Gasteiger partial charge in [0, 0.05) is 26.2 Å². The highest BCUT2D eigenvalue weighted by atomic mass is 19.1. The Balaban J connectivity index is 3.00. The normalized spacial score (nSPS) is 10.1. The van der Waals surface area contributed by atoms with Gasteiger partial charge >= 0.3 is 0 Å². The van der Waals surface area contributed by atoms with Crippen LogP contribution in [0.15, 0.2) is 12.1 Å². The summed E-state index contributed by atoms with van der Waals surface area (Å²) in [5.74, 6) is -0.152. The fourth-order valence-electron chi connectivity index (χ4n) is 1.27. The summed E-state index contributed by atoms with van der Waals surface area (Å²) in [5.41, 5.74) is 6.87. The van der Waals surface area contributed by atoms with Crippen molar-refractivity contribution in [3.63, 3.8) is 0 Å². The predicted octanol–water partition coefficient (Wildman–Crippen LogP) is 2.26. The van der Waals surface area contributed by atoms with Crippen LogP contribution in [0.5, 0.6) is 5.75 Å². The van der Waals surface area contributed by atoms with Gasteiger partial charge in [-0.15, -0.1) is 0 Å². The van der Waals surface area contributed by atoms with Gasteiger partial charge in [0.25, 0.3) is 0 Å². The molecule has 1 aromatic carbocycles. The van der Waals surface area contributed by atoms with E-state index in [0.717, 1.165) is 12.1 Å². The molecule has 0 unspecified atom stereocenters. The lowest BCUT2D eigenvalue weighted by molar-refractivity contribution is 0.301. The highest BCUT2D eigenvalue weighted by Gasteiger charge is 2.10. The fourth-order valence-corrected chi connectivity index (χ4v) is 1.27. The van der Waals surface area contributed by atoms with Crippen molar-refractivity contribution in [1.82, 2.24) is 0 Å². The van der Waals surface area contributed by atoms with Crippen LogP contribution in [0.1, 0.15) is 13.3 Å². The predicted molar refractivity (Wildman–Crippen MR) is 60.9 cm³/mol. The summed E-state index contributed by atoms with van der Waals surface area (Å²) >= 11 is 0. The molecule has 0 aliphatic heterocycles. The largest absolute Gasteiger partial charge is 0.490 e. The Morgan fingerprint density at radius 3 is 2.60 bits per heavy atom. The summed E-state index contributed by atoms with van der Waals surface area (Å²) in [6.45, 7) is 2.48. The standard InChI is InChI=1S/C11H17FN2O/c1-4-5-15-11-7-10(14(2)3)9(13)6-8(11)12/h6-7H,4-5,13H2,1-3H3. The van der Waals surface area contributed by atoms with Gasteiger partial charge in [0.2, 0.25) is 0 Å². The summed E-state index contributed by atoms with van der Waals surface area (Å²) in [4.78, 5) is 1.83. The Morgan fingerprint density at radius 1 is 1.40 bits per heavy atom. The fraction of sp³-hybridized carbons (Fsp3) is 0.455. The minimum atomic E-state index is -0.411. The first kappa shape index (κ1) is 11.6. The van der Waals surface area contributed by atoms with Crippen LogP contribution in [-0.4, -0.2) is 20.7 Å². The summed E-state index contributed by atoms with van der Waals surface area (Å²) < 4.78 is 18.7. The van der Waals surface area contributed by atoms with Crippen molar-refractivity contribution in [1.29, 1.82) is 0 Å². The number of halogens is 1. The van der Waals surface area contributed by atoms with Crippen LogP contribution < -0.4 is 15.4 Å². The molecular weight excluding hydrogens is 195 g/mol. The maximum atomic E-state index is 13.4. The van der Waals surface area contributed by atoms with E-state index in [9.17, 15) is 4.39 Å². The summed E-state index contributed by atoms with van der Waals surface area (Å²) in [6.07, 6.45) is 0.848. The first-order chi connectivity index (χ1) is 7.06. The van der Waals surface area contributed by atoms with Crippen LogP contribution in [0.25, 0.3) is 0 Å². The quantitative estimate of drug-likeness (QED) is 0.778. The second kappa shape index (κ2) is 4.87. The van der Waals surface area contributed by atoms with Crippen molar-refractivity contribution in [2.75, 3.05) is 31.3 Å². The molecule has 15 heavy (non-hydrogen) atoms. The maximum Gasteiger partial charge on any atom is 0.167 e. The van der Waals surface area contributed by atoms with Crippen LogP contribution in [0.2, 0.25) is 0 Å². The minimum absolute atomic E-state index is 0.259. The molecule has 0 spiro atoms. The van der Waals surface area contributed by atoms with E-state index in [4.69, 9.17) is 10.5 Å². The molecule has 2 N–H and O–H groups in total. The summed E-state index contributed by atoms with van der Waals surface area (Å²) in [5, 5.41) is 0. The van der Waals surface area contributed by atoms with E-state index < -0.39 is 5.82 Å². The third kappa shape index (κ3) is 2.75. The van der Waals surface area contributed by atoms with Gasteiger partial charge in [-0.25, -0.2) is 4.39 Å². The van der Waals surface area contributed by atoms with Crippen LogP contribution in [0, 0.1) is 5.82 Å². The van der Waals surface area contributed by atoms with Crippen molar-refractivity contribution >= 4 is 11.4 Å². The van der Waals surface area contributed by atoms with Crippen molar-refractivity contribution in [2.45, 2.75) is 13.3 Å². The van der Waals surface area contributed by atoms with Crippen LogP contribution in [0.4, 0.5) is 15.8 Å². The number of ether oxygens (including phenoxy) is 1. The number of rotatable bonds is 4. The number of hydrogen-bond donors (Lipinski definition) is 1. The van der Waals surface area contributed by atoms with Gasteiger partial charge in [0.15, 0.2) is 11.6 Å². The molecule has 0 bridgehead atoms. The molecule has 0 aromatic heterocycles. The number of anilines is 2. The van der Waals surface area contributed by atoms with Crippen molar-refractivity contribution in [3.8, 4) is 5.75 Å². The van der Waals surface area contributed by atoms with Gasteiger partial charge < -0.3 is 15.4 Å². The van der Waals surface area contributed by atoms with E-state index in [1.807, 2.05) is 25.9 Å². The second-order valence-corrected chi connectivity index (χ2v) is 3.58. The molecule has 0 aliphatic rings. The van der Waals surface area contributed by atoms with Crippen LogP contribution >= 0.6 is 0 Å². The van der Waals surface area contributed by atoms with Crippen LogP contribution in [-0.2, 0) is 0 Å². The highest BCUT2D eigenvalue weighted by molar-refractivity contribution is 5.69. The average Bonchev–Trinajstić information content (AvgIpc) is 2.16. The molecule has 0 radical (unpaired) electrons. The van der Waals surface area contributed by atoms with Crippen molar-refractivity contribution in [2.24, 2.45) is 0 Å². The van der Waals surface area contributed by atoms with E-state index >= 15 is 0 Å². The molecule has 1 aromatic rings. The first-order valence-electron chi connectivity index (χ1n) is 4.95. The average molecular weight is 212 g/mol. The zero-order valence-corrected chi connectivity index (χ0v) is 9.38. The van der Waals surface area contributed by atoms with E-state index in [0.29, 0.717) is 12.3 Å². The molecule has 84 valence electrons. The number of benzene rings is 1. The zero-order valence-electron chi connectivity index (χ0n) is 9.38. The third-order valence-electron chi connectivity index (χ3n) is 2.02. The topological polar surface area (TPSA) is 38.5 Å². The molecule has 0 atom stereocenters. The Hall–Kier alpha value is -1.45. The Labute approximate surface area is 89.6 Å². The lowest BCUT2D eigenvalue weighted by Gasteiger charge is -2.17. The molecule has 0 heterocycles. The Morgan fingerprint density at radius 2 is 2.07 bits per heavy atom. The third-order valence-corrected chi connectivity index (χ3v) is 2.02. The van der Waals surface area contributed by atoms with Crippen LogP contribution in [0.3, 0.4) is 0 Å². The number of nitrogens with two attached hydrogens (primary N) is 1. The number of nitrogens with zero attached hydrogens (tertiary/aromatic N) is 1. The highest BCUT2D eigenvalue weighted by Crippen LogP contribution is 2.29. The lowest BCUT2D eigenvalue weighted by atomic mass is 10.2. The maximum absolute atomic E-state index is 13.4. The number of hydrogen-bond acceptors (Lipinski definition) is 3. The number of nitrogen functional groups attached to an aromatic ring is 1. The minimum Gasteiger partial charge on any atom is -0.490 e. The summed E-state index contributed by atoms with van der Waals surface area (Å²) in [6, 6.07) is 2.92. The zero-order chi connectivity index (χ0) is 11.4. The molecular formula is C11H17FN2O. The Bertz CT molecular complexity index is 340. The van der Waals surface area contributed by atoms with E-state index in [-0.39, 0.29) is 5.75 Å². The molecule has 0 saturated heterocycles. The molecule has 0 amide bonds. The second-order valence-electron chi connectivity index (χ2n) is 3.58. The van der Waals surface area contributed by atoms with E-state index in [1.54, 1.807) is 6.07 Å². The van der Waals surface area contributed by atoms with Crippen molar-refractivity contribution in [3.05, 3.63) is 17.9 Å². The monoisotopic (exact) mass is 212 g/mol. The molecule has 1 rings (SSSR count). The van der Waals surface area contributed by atoms with Gasteiger partial charge in [0.05, 0.1) is 18.0 Å². The van der Waals surface area contributed by atoms with Crippen molar-refractivity contribution < 1.29 is 9.13 Å². The summed E-state index contributed by atoms with van der Waals surface area (Å²) in [7, 11) is 3.71. The Kier molecular flexibility index (Phi) is 3.77. The molecule has 0 fully saturated rings. The van der Waals surface area contributed by atoms with Gasteiger partial charge in [-0.05, 0) is 6.42 Å². The molecule has 4 heteroatoms. The molecule has 0 saturated carbocycles. The molecule has 3 nitrogen and oxygen atoms in total. The SMILES string of the molecule is CCCOc1cc(N(C)C)c(N)cc1F. The van der Waals surface area contributed by atoms with Gasteiger partial charge in [0.1, 0.15) is 0 Å². The first-order valence-corrected chi connectivity index (χ1v) is 4.95. The van der Waals surface area contributed by atoms with Gasteiger partial charge in [-0.3, -0.25) is 0 Å².